The van der Waals surface area contributed by atoms with Crippen molar-refractivity contribution in [1.29, 1.82) is 0 Å². The van der Waals surface area contributed by atoms with Crippen molar-refractivity contribution in [2.24, 2.45) is 0 Å². The fourth-order valence-corrected chi connectivity index (χ4v) is 2.46. The average molecular weight is 366 g/mol. The molecule has 0 saturated heterocycles. The minimum absolute atomic E-state index is 0.0806. The number of nitrogens with one attached hydrogen (secondary N) is 1. The fraction of sp³-hybridized carbons (Fsp3) is 0.556. The van der Waals surface area contributed by atoms with Gasteiger partial charge in [-0.25, -0.2) is 4.79 Å². The Morgan fingerprint density at radius 2 is 1.85 bits per heavy atom. The molecule has 26 heavy (non-hydrogen) atoms. The molecule has 0 bridgehead atoms. The lowest BCUT2D eigenvalue weighted by Gasteiger charge is -2.17. The highest BCUT2D eigenvalue weighted by molar-refractivity contribution is 5.97. The maximum Gasteiger partial charge on any atom is 0.328 e. The van der Waals surface area contributed by atoms with E-state index in [-0.39, 0.29) is 12.0 Å². The van der Waals surface area contributed by atoms with Gasteiger partial charge >= 0.3 is 11.9 Å². The molecule has 8 heteroatoms. The van der Waals surface area contributed by atoms with Crippen LogP contribution in [0.15, 0.2) is 10.9 Å². The summed E-state index contributed by atoms with van der Waals surface area (Å²) in [5, 5.41) is 2.39. The molecule has 0 spiro atoms. The standard InChI is InChI=1S/C18H26N2O6/c1-6-7-8-20-12(3)11(2)9-13(17(20)23)16(22)19-14(18(24)26-5)10-15(21)25-4/h9,14H,6-8,10H2,1-5H3,(H,19,22)/t14-/m0/s1. The van der Waals surface area contributed by atoms with E-state index in [0.717, 1.165) is 31.2 Å². The molecule has 0 aromatic carbocycles. The summed E-state index contributed by atoms with van der Waals surface area (Å²) in [5.74, 6) is -2.21. The molecule has 0 aliphatic rings. The predicted octanol–water partition coefficient (Wildman–Crippen LogP) is 1.10. The van der Waals surface area contributed by atoms with Crippen LogP contribution in [0.5, 0.6) is 0 Å². The number of unbranched alkanes of at least 4 members (excludes halogenated alkanes) is 1. The monoisotopic (exact) mass is 366 g/mol. The number of hydrogen-bond donors (Lipinski definition) is 1. The Bertz CT molecular complexity index is 738. The highest BCUT2D eigenvalue weighted by atomic mass is 16.5. The molecule has 1 rings (SSSR count). The third-order valence-electron chi connectivity index (χ3n) is 4.18. The molecular formula is C18H26N2O6. The van der Waals surface area contributed by atoms with E-state index in [4.69, 9.17) is 0 Å². The SMILES string of the molecule is CCCCn1c(C)c(C)cc(C(=O)N[C@@H](CC(=O)OC)C(=O)OC)c1=O. The first kappa shape index (κ1) is 21.4. The van der Waals surface area contributed by atoms with Crippen LogP contribution in [-0.2, 0) is 25.6 Å². The molecule has 0 radical (unpaired) electrons. The molecule has 1 amide bonds. The van der Waals surface area contributed by atoms with Crippen LogP contribution < -0.4 is 10.9 Å². The van der Waals surface area contributed by atoms with Gasteiger partial charge in [-0.1, -0.05) is 13.3 Å². The van der Waals surface area contributed by atoms with E-state index in [2.05, 4.69) is 14.8 Å². The third kappa shape index (κ3) is 5.18. The summed E-state index contributed by atoms with van der Waals surface area (Å²) in [6.45, 7) is 6.14. The lowest BCUT2D eigenvalue weighted by atomic mass is 10.1. The molecule has 8 nitrogen and oxygen atoms in total. The number of rotatable bonds is 8. The summed E-state index contributed by atoms with van der Waals surface area (Å²) in [6, 6.07) is 0.257. The summed E-state index contributed by atoms with van der Waals surface area (Å²) < 4.78 is 10.7. The summed E-state index contributed by atoms with van der Waals surface area (Å²) in [4.78, 5) is 48.5. The van der Waals surface area contributed by atoms with Gasteiger partial charge in [0.25, 0.3) is 11.5 Å². The average Bonchev–Trinajstić information content (AvgIpc) is 2.63. The third-order valence-corrected chi connectivity index (χ3v) is 4.18. The number of aryl methyl sites for hydroxylation is 1. The molecule has 1 heterocycles. The zero-order valence-corrected chi connectivity index (χ0v) is 15.9. The molecular weight excluding hydrogens is 340 g/mol. The van der Waals surface area contributed by atoms with Crippen molar-refractivity contribution in [3.05, 3.63) is 33.2 Å². The van der Waals surface area contributed by atoms with Crippen molar-refractivity contribution in [3.8, 4) is 0 Å². The van der Waals surface area contributed by atoms with E-state index in [0.29, 0.717) is 6.54 Å². The number of ether oxygens (including phenoxy) is 2. The molecule has 0 aliphatic heterocycles. The molecule has 1 aromatic rings. The Kier molecular flexibility index (Phi) is 8.02. The van der Waals surface area contributed by atoms with Crippen LogP contribution >= 0.6 is 0 Å². The zero-order valence-electron chi connectivity index (χ0n) is 15.9. The number of esters is 2. The Morgan fingerprint density at radius 1 is 1.19 bits per heavy atom. The van der Waals surface area contributed by atoms with Gasteiger partial charge in [0, 0.05) is 12.2 Å². The van der Waals surface area contributed by atoms with Crippen LogP contribution in [-0.4, -0.2) is 42.7 Å². The van der Waals surface area contributed by atoms with E-state index >= 15 is 0 Å². The van der Waals surface area contributed by atoms with Crippen molar-refractivity contribution in [2.45, 2.75) is 52.6 Å². The minimum Gasteiger partial charge on any atom is -0.469 e. The maximum absolute atomic E-state index is 12.7. The van der Waals surface area contributed by atoms with Crippen LogP contribution in [0.1, 0.15) is 47.8 Å². The number of hydrogen-bond acceptors (Lipinski definition) is 6. The summed E-state index contributed by atoms with van der Waals surface area (Å²) in [6.07, 6.45) is 1.33. The smallest absolute Gasteiger partial charge is 0.328 e. The molecule has 1 aromatic heterocycles. The van der Waals surface area contributed by atoms with Gasteiger partial charge in [-0.05, 0) is 31.9 Å². The number of carbonyl (C=O) groups is 3. The number of aromatic nitrogens is 1. The quantitative estimate of drug-likeness (QED) is 0.691. The van der Waals surface area contributed by atoms with E-state index in [1.165, 1.54) is 13.2 Å². The maximum atomic E-state index is 12.7. The van der Waals surface area contributed by atoms with Crippen LogP contribution in [0.25, 0.3) is 0 Å². The van der Waals surface area contributed by atoms with Crippen molar-refractivity contribution in [1.82, 2.24) is 9.88 Å². The van der Waals surface area contributed by atoms with Crippen molar-refractivity contribution >= 4 is 17.8 Å². The second kappa shape index (κ2) is 9.74. The van der Waals surface area contributed by atoms with Gasteiger partial charge in [-0.3, -0.25) is 14.4 Å². The highest BCUT2D eigenvalue weighted by Crippen LogP contribution is 2.09. The summed E-state index contributed by atoms with van der Waals surface area (Å²) in [5.41, 5.74) is 1.07. The number of carbonyl (C=O) groups excluding carboxylic acids is 3. The van der Waals surface area contributed by atoms with Crippen LogP contribution in [0.2, 0.25) is 0 Å². The topological polar surface area (TPSA) is 104 Å². The molecule has 1 N–H and O–H groups in total. The molecule has 0 fully saturated rings. The van der Waals surface area contributed by atoms with Gasteiger partial charge in [0.1, 0.15) is 11.6 Å². The van der Waals surface area contributed by atoms with Gasteiger partial charge in [-0.2, -0.15) is 0 Å². The minimum atomic E-state index is -1.23. The summed E-state index contributed by atoms with van der Waals surface area (Å²) in [7, 11) is 2.32. The Hall–Kier alpha value is -2.64. The number of amides is 1. The van der Waals surface area contributed by atoms with Crippen LogP contribution in [0.3, 0.4) is 0 Å². The highest BCUT2D eigenvalue weighted by Gasteiger charge is 2.27. The van der Waals surface area contributed by atoms with Crippen LogP contribution in [0.4, 0.5) is 0 Å². The van der Waals surface area contributed by atoms with Gasteiger partial charge in [0.15, 0.2) is 0 Å². The van der Waals surface area contributed by atoms with Gasteiger partial charge < -0.3 is 19.4 Å². The Morgan fingerprint density at radius 3 is 2.38 bits per heavy atom. The van der Waals surface area contributed by atoms with E-state index in [1.807, 2.05) is 13.8 Å². The van der Waals surface area contributed by atoms with Crippen molar-refractivity contribution in [3.63, 3.8) is 0 Å². The predicted molar refractivity (Wildman–Crippen MR) is 95.0 cm³/mol. The van der Waals surface area contributed by atoms with E-state index in [1.54, 1.807) is 11.5 Å². The Balaban J connectivity index is 3.18. The first-order chi connectivity index (χ1) is 12.3. The molecule has 144 valence electrons. The summed E-state index contributed by atoms with van der Waals surface area (Å²) >= 11 is 0. The van der Waals surface area contributed by atoms with Gasteiger partial charge in [0.2, 0.25) is 0 Å². The number of methoxy groups -OCH3 is 2. The lowest BCUT2D eigenvalue weighted by Crippen LogP contribution is -2.45. The van der Waals surface area contributed by atoms with Crippen molar-refractivity contribution in [2.75, 3.05) is 14.2 Å². The van der Waals surface area contributed by atoms with Gasteiger partial charge in [-0.15, -0.1) is 0 Å². The number of nitrogens with zero attached hydrogens (tertiary/aromatic N) is 1. The molecule has 1 atom stereocenters. The van der Waals surface area contributed by atoms with E-state index < -0.39 is 29.4 Å². The van der Waals surface area contributed by atoms with E-state index in [9.17, 15) is 19.2 Å². The van der Waals surface area contributed by atoms with Gasteiger partial charge in [0.05, 0.1) is 20.6 Å². The first-order valence-electron chi connectivity index (χ1n) is 8.43. The largest absolute Gasteiger partial charge is 0.469 e. The second-order valence-corrected chi connectivity index (χ2v) is 5.97. The second-order valence-electron chi connectivity index (χ2n) is 5.97. The normalized spacial score (nSPS) is 11.6. The molecule has 0 unspecified atom stereocenters. The number of pyridine rings is 1. The first-order valence-corrected chi connectivity index (χ1v) is 8.43. The van der Waals surface area contributed by atoms with Crippen molar-refractivity contribution < 1.29 is 23.9 Å². The fourth-order valence-electron chi connectivity index (χ4n) is 2.46. The van der Waals surface area contributed by atoms with Crippen LogP contribution in [0, 0.1) is 13.8 Å². The molecule has 0 aliphatic carbocycles. The molecule has 0 saturated carbocycles. The zero-order chi connectivity index (χ0) is 19.9. The Labute approximate surface area is 152 Å². The lowest BCUT2D eigenvalue weighted by molar-refractivity contribution is -0.149.